The lowest BCUT2D eigenvalue weighted by molar-refractivity contribution is 0.198. The molecule has 0 fully saturated rings. The molecule has 0 atom stereocenters. The van der Waals surface area contributed by atoms with Gasteiger partial charge in [-0.25, -0.2) is 9.18 Å². The van der Waals surface area contributed by atoms with Gasteiger partial charge in [-0.1, -0.05) is 0 Å². The van der Waals surface area contributed by atoms with E-state index in [1.807, 2.05) is 19.0 Å². The Bertz CT molecular complexity index is 938. The minimum absolute atomic E-state index is 0.248. The zero-order valence-corrected chi connectivity index (χ0v) is 15.4. The van der Waals surface area contributed by atoms with Gasteiger partial charge in [0, 0.05) is 31.6 Å². The average molecular weight is 372 g/mol. The fraction of sp³-hybridized carbons (Fsp3) is 0.263. The minimum Gasteiger partial charge on any atom is -0.453 e. The first-order valence-corrected chi connectivity index (χ1v) is 8.42. The van der Waals surface area contributed by atoms with Crippen molar-refractivity contribution in [3.05, 3.63) is 48.4 Å². The van der Waals surface area contributed by atoms with Gasteiger partial charge in [0.15, 0.2) is 11.5 Å². The molecule has 0 spiro atoms. The van der Waals surface area contributed by atoms with E-state index in [9.17, 15) is 9.18 Å². The number of fused-ring (bicyclic) bond motifs is 1. The van der Waals surface area contributed by atoms with Gasteiger partial charge in [0.1, 0.15) is 11.6 Å². The molecule has 3 aromatic rings. The highest BCUT2D eigenvalue weighted by molar-refractivity contribution is 5.84. The van der Waals surface area contributed by atoms with E-state index in [1.54, 1.807) is 30.1 Å². The molecule has 0 saturated heterocycles. The van der Waals surface area contributed by atoms with Crippen molar-refractivity contribution >= 4 is 17.0 Å². The van der Waals surface area contributed by atoms with Crippen LogP contribution in [0.25, 0.3) is 10.9 Å². The summed E-state index contributed by atoms with van der Waals surface area (Å²) in [6.45, 7) is 1.14. The number of nitrogens with zero attached hydrogens (tertiary/aromatic N) is 3. The maximum Gasteiger partial charge on any atom is 0.412 e. The third-order valence-corrected chi connectivity index (χ3v) is 3.88. The van der Waals surface area contributed by atoms with Crippen molar-refractivity contribution < 1.29 is 18.7 Å². The van der Waals surface area contributed by atoms with Crippen molar-refractivity contribution in [2.75, 3.05) is 27.2 Å². The van der Waals surface area contributed by atoms with Crippen LogP contribution in [0.15, 0.2) is 42.6 Å². The van der Waals surface area contributed by atoms with Crippen molar-refractivity contribution in [3.63, 3.8) is 0 Å². The van der Waals surface area contributed by atoms with E-state index in [4.69, 9.17) is 9.47 Å². The van der Waals surface area contributed by atoms with Crippen LogP contribution >= 0.6 is 0 Å². The molecule has 3 rings (SSSR count). The quantitative estimate of drug-likeness (QED) is 0.720. The molecule has 7 nitrogen and oxygen atoms in total. The molecular weight excluding hydrogens is 351 g/mol. The monoisotopic (exact) mass is 372 g/mol. The summed E-state index contributed by atoms with van der Waals surface area (Å²) in [5, 5.41) is 7.71. The van der Waals surface area contributed by atoms with Gasteiger partial charge in [0.05, 0.1) is 11.7 Å². The van der Waals surface area contributed by atoms with E-state index in [-0.39, 0.29) is 11.6 Å². The molecule has 0 aliphatic carbocycles. The fourth-order valence-electron chi connectivity index (χ4n) is 2.47. The third-order valence-electron chi connectivity index (χ3n) is 3.88. The van der Waals surface area contributed by atoms with E-state index in [1.165, 1.54) is 24.3 Å². The van der Waals surface area contributed by atoms with Crippen LogP contribution in [0.5, 0.6) is 17.2 Å². The predicted molar refractivity (Wildman–Crippen MR) is 99.8 cm³/mol. The summed E-state index contributed by atoms with van der Waals surface area (Å²) in [4.78, 5) is 14.1. The van der Waals surface area contributed by atoms with Crippen LogP contribution in [0.2, 0.25) is 0 Å². The zero-order chi connectivity index (χ0) is 19.4. The van der Waals surface area contributed by atoms with Crippen LogP contribution < -0.4 is 14.8 Å². The first kappa shape index (κ1) is 18.7. The Morgan fingerprint density at radius 2 is 1.96 bits per heavy atom. The molecule has 8 heteroatoms. The summed E-state index contributed by atoms with van der Waals surface area (Å²) in [6, 6.07) is 9.02. The predicted octanol–water partition coefficient (Wildman–Crippen LogP) is 3.15. The molecule has 0 saturated carbocycles. The van der Waals surface area contributed by atoms with Gasteiger partial charge >= 0.3 is 6.09 Å². The number of likely N-dealkylation sites (N-methyl/N-ethyl adjacent to an activating group) is 1. The maximum absolute atomic E-state index is 13.1. The summed E-state index contributed by atoms with van der Waals surface area (Å²) < 4.78 is 26.0. The number of hydrogen-bond acceptors (Lipinski definition) is 5. The highest BCUT2D eigenvalue weighted by atomic mass is 19.1. The lowest BCUT2D eigenvalue weighted by Gasteiger charge is -2.14. The molecule has 0 bridgehead atoms. The molecule has 1 aromatic heterocycles. The van der Waals surface area contributed by atoms with Crippen molar-refractivity contribution in [3.8, 4) is 17.2 Å². The second-order valence-corrected chi connectivity index (χ2v) is 6.30. The number of ether oxygens (including phenoxy) is 2. The molecule has 142 valence electrons. The summed E-state index contributed by atoms with van der Waals surface area (Å²) >= 11 is 0. The molecule has 0 aliphatic heterocycles. The van der Waals surface area contributed by atoms with Gasteiger partial charge in [-0.15, -0.1) is 0 Å². The largest absolute Gasteiger partial charge is 0.453 e. The Kier molecular flexibility index (Phi) is 5.56. The van der Waals surface area contributed by atoms with Gasteiger partial charge < -0.3 is 19.7 Å². The topological polar surface area (TPSA) is 68.6 Å². The standard InChI is InChI=1S/C19H21FN4O3/c1-23(2)9-8-21-19(25)27-18-11-16-13(12-22-24(16)3)10-17(18)26-15-6-4-14(20)5-7-15/h4-7,10-12H,8-9H2,1-3H3,(H,21,25). The number of hydrogen-bond donors (Lipinski definition) is 1. The number of aromatic nitrogens is 2. The van der Waals surface area contributed by atoms with Gasteiger partial charge in [0.2, 0.25) is 0 Å². The number of benzene rings is 2. The van der Waals surface area contributed by atoms with Crippen molar-refractivity contribution in [1.29, 1.82) is 0 Å². The molecule has 27 heavy (non-hydrogen) atoms. The van der Waals surface area contributed by atoms with Crippen molar-refractivity contribution in [2.24, 2.45) is 7.05 Å². The highest BCUT2D eigenvalue weighted by Gasteiger charge is 2.15. The fourth-order valence-corrected chi connectivity index (χ4v) is 2.47. The lowest BCUT2D eigenvalue weighted by Crippen LogP contribution is -2.33. The molecule has 1 heterocycles. The minimum atomic E-state index is -0.581. The molecule has 2 aromatic carbocycles. The van der Waals surface area contributed by atoms with Crippen LogP contribution in [0, 0.1) is 5.82 Å². The van der Waals surface area contributed by atoms with Gasteiger partial charge in [-0.2, -0.15) is 5.10 Å². The average Bonchev–Trinajstić information content (AvgIpc) is 2.97. The number of amides is 1. The zero-order valence-electron chi connectivity index (χ0n) is 15.4. The second kappa shape index (κ2) is 8.05. The van der Waals surface area contributed by atoms with Crippen LogP contribution in [0.1, 0.15) is 0 Å². The first-order valence-electron chi connectivity index (χ1n) is 8.42. The Labute approximate surface area is 156 Å². The summed E-state index contributed by atoms with van der Waals surface area (Å²) in [5.41, 5.74) is 0.789. The van der Waals surface area contributed by atoms with E-state index in [0.717, 1.165) is 10.9 Å². The highest BCUT2D eigenvalue weighted by Crippen LogP contribution is 2.35. The Hall–Kier alpha value is -3.13. The van der Waals surface area contributed by atoms with Gasteiger partial charge in [0.25, 0.3) is 0 Å². The molecule has 1 N–H and O–H groups in total. The van der Waals surface area contributed by atoms with Crippen molar-refractivity contribution in [2.45, 2.75) is 0 Å². The Morgan fingerprint density at radius 3 is 2.67 bits per heavy atom. The SMILES string of the molecule is CN(C)CCNC(=O)Oc1cc2c(cnn2C)cc1Oc1ccc(F)cc1. The smallest absolute Gasteiger partial charge is 0.412 e. The summed E-state index contributed by atoms with van der Waals surface area (Å²) in [5.74, 6) is 0.655. The Balaban J connectivity index is 1.85. The van der Waals surface area contributed by atoms with Crippen LogP contribution in [-0.4, -0.2) is 48.0 Å². The van der Waals surface area contributed by atoms with Crippen LogP contribution in [0.3, 0.4) is 0 Å². The van der Waals surface area contributed by atoms with Crippen LogP contribution in [-0.2, 0) is 7.05 Å². The summed E-state index contributed by atoms with van der Waals surface area (Å²) in [6.07, 6.45) is 1.11. The number of nitrogens with one attached hydrogen (secondary N) is 1. The maximum atomic E-state index is 13.1. The Morgan fingerprint density at radius 1 is 1.22 bits per heavy atom. The normalized spacial score (nSPS) is 11.0. The van der Waals surface area contributed by atoms with E-state index < -0.39 is 6.09 Å². The van der Waals surface area contributed by atoms with E-state index >= 15 is 0 Å². The second-order valence-electron chi connectivity index (χ2n) is 6.30. The molecule has 0 radical (unpaired) electrons. The molecule has 1 amide bonds. The number of rotatable bonds is 6. The number of halogens is 1. The number of carbonyl (C=O) groups is 1. The van der Waals surface area contributed by atoms with E-state index in [0.29, 0.717) is 24.6 Å². The lowest BCUT2D eigenvalue weighted by atomic mass is 10.2. The number of aryl methyl sites for hydroxylation is 1. The third kappa shape index (κ3) is 4.73. The molecular formula is C19H21FN4O3. The first-order chi connectivity index (χ1) is 12.9. The van der Waals surface area contributed by atoms with Gasteiger partial charge in [-0.05, 0) is 44.4 Å². The van der Waals surface area contributed by atoms with E-state index in [2.05, 4.69) is 10.4 Å². The number of carbonyl (C=O) groups excluding carboxylic acids is 1. The van der Waals surface area contributed by atoms with Crippen LogP contribution in [0.4, 0.5) is 9.18 Å². The molecule has 0 unspecified atom stereocenters. The molecule has 0 aliphatic rings. The van der Waals surface area contributed by atoms with Gasteiger partial charge in [-0.3, -0.25) is 4.68 Å². The van der Waals surface area contributed by atoms with Crippen molar-refractivity contribution in [1.82, 2.24) is 20.0 Å². The summed E-state index contributed by atoms with van der Waals surface area (Å²) in [7, 11) is 5.62.